The first-order valence-corrected chi connectivity index (χ1v) is 10.6. The number of anilines is 1. The van der Waals surface area contributed by atoms with Crippen molar-refractivity contribution in [3.05, 3.63) is 77.9 Å². The summed E-state index contributed by atoms with van der Waals surface area (Å²) in [5.41, 5.74) is 1.90. The van der Waals surface area contributed by atoms with Gasteiger partial charge in [0.05, 0.1) is 25.5 Å². The number of sulfonamides is 1. The predicted octanol–water partition coefficient (Wildman–Crippen LogP) is 4.04. The van der Waals surface area contributed by atoms with E-state index in [2.05, 4.69) is 14.9 Å². The van der Waals surface area contributed by atoms with Crippen molar-refractivity contribution >= 4 is 15.7 Å². The number of nitrogens with one attached hydrogen (secondary N) is 1. The van der Waals surface area contributed by atoms with Gasteiger partial charge in [-0.2, -0.15) is 4.98 Å². The smallest absolute Gasteiger partial charge is 0.265 e. The molecule has 8 nitrogen and oxygen atoms in total. The van der Waals surface area contributed by atoms with Crippen molar-refractivity contribution in [1.29, 1.82) is 0 Å². The van der Waals surface area contributed by atoms with E-state index in [4.69, 9.17) is 13.7 Å². The Hall–Kier alpha value is -3.59. The van der Waals surface area contributed by atoms with Gasteiger partial charge in [0, 0.05) is 0 Å². The Balaban J connectivity index is 1.62. The first-order chi connectivity index (χ1) is 14.5. The number of ether oxygens (including phenoxy) is 1. The lowest BCUT2D eigenvalue weighted by atomic mass is 10.1. The summed E-state index contributed by atoms with van der Waals surface area (Å²) in [5, 5.41) is 3.90. The van der Waals surface area contributed by atoms with E-state index in [9.17, 15) is 8.42 Å². The molecule has 0 saturated heterocycles. The SMILES string of the molecule is COc1ccc(C)cc1S(=O)(=O)Nc1ccccc1Cc1nc(-c2ccco2)no1. The second-order valence-electron chi connectivity index (χ2n) is 6.58. The fourth-order valence-electron chi connectivity index (χ4n) is 2.96. The van der Waals surface area contributed by atoms with Crippen LogP contribution in [0.3, 0.4) is 0 Å². The number of aromatic nitrogens is 2. The van der Waals surface area contributed by atoms with Crippen LogP contribution in [-0.2, 0) is 16.4 Å². The van der Waals surface area contributed by atoms with Crippen molar-refractivity contribution in [3.8, 4) is 17.3 Å². The Labute approximate surface area is 173 Å². The minimum absolute atomic E-state index is 0.0673. The summed E-state index contributed by atoms with van der Waals surface area (Å²) in [6, 6.07) is 15.5. The molecule has 30 heavy (non-hydrogen) atoms. The van der Waals surface area contributed by atoms with Gasteiger partial charge in [-0.15, -0.1) is 0 Å². The molecule has 0 saturated carbocycles. The minimum atomic E-state index is -3.88. The Bertz CT molecular complexity index is 1260. The number of furan rings is 1. The van der Waals surface area contributed by atoms with Crippen molar-refractivity contribution in [2.45, 2.75) is 18.2 Å². The molecule has 4 rings (SSSR count). The Morgan fingerprint density at radius 2 is 1.93 bits per heavy atom. The van der Waals surface area contributed by atoms with Crippen LogP contribution in [0.4, 0.5) is 5.69 Å². The fourth-order valence-corrected chi connectivity index (χ4v) is 4.32. The van der Waals surface area contributed by atoms with Gasteiger partial charge in [0.2, 0.25) is 11.7 Å². The van der Waals surface area contributed by atoms with Gasteiger partial charge in [0.15, 0.2) is 5.76 Å². The second-order valence-corrected chi connectivity index (χ2v) is 8.23. The molecule has 0 atom stereocenters. The summed E-state index contributed by atoms with van der Waals surface area (Å²) >= 11 is 0. The third-order valence-electron chi connectivity index (χ3n) is 4.42. The standard InChI is InChI=1S/C21H19N3O5S/c1-14-9-10-17(27-2)19(12-14)30(25,26)24-16-7-4-3-6-15(16)13-20-22-21(23-29-20)18-8-5-11-28-18/h3-12,24H,13H2,1-2H3. The van der Waals surface area contributed by atoms with Crippen LogP contribution in [-0.4, -0.2) is 25.7 Å². The quantitative estimate of drug-likeness (QED) is 0.476. The molecule has 0 bridgehead atoms. The average Bonchev–Trinajstić information content (AvgIpc) is 3.41. The van der Waals surface area contributed by atoms with Crippen molar-refractivity contribution in [3.63, 3.8) is 0 Å². The molecular weight excluding hydrogens is 406 g/mol. The minimum Gasteiger partial charge on any atom is -0.495 e. The van der Waals surface area contributed by atoms with Gasteiger partial charge in [-0.25, -0.2) is 8.42 Å². The van der Waals surface area contributed by atoms with Crippen LogP contribution in [0.15, 0.2) is 74.7 Å². The van der Waals surface area contributed by atoms with Crippen molar-refractivity contribution in [2.24, 2.45) is 0 Å². The van der Waals surface area contributed by atoms with E-state index in [1.807, 2.05) is 13.0 Å². The molecule has 0 aliphatic heterocycles. The molecule has 2 aromatic carbocycles. The van der Waals surface area contributed by atoms with E-state index in [-0.39, 0.29) is 17.1 Å². The number of para-hydroxylation sites is 1. The molecule has 2 aromatic heterocycles. The molecule has 0 spiro atoms. The van der Waals surface area contributed by atoms with Gasteiger partial charge in [-0.1, -0.05) is 29.4 Å². The summed E-state index contributed by atoms with van der Waals surface area (Å²) in [4.78, 5) is 4.38. The summed E-state index contributed by atoms with van der Waals surface area (Å²) in [5.74, 6) is 1.43. The van der Waals surface area contributed by atoms with E-state index < -0.39 is 10.0 Å². The summed E-state index contributed by atoms with van der Waals surface area (Å²) in [6.45, 7) is 1.82. The molecule has 0 unspecified atom stereocenters. The number of aryl methyl sites for hydroxylation is 1. The number of hydrogen-bond donors (Lipinski definition) is 1. The maximum atomic E-state index is 13.0. The topological polar surface area (TPSA) is 107 Å². The van der Waals surface area contributed by atoms with E-state index in [1.165, 1.54) is 13.4 Å². The molecule has 4 aromatic rings. The Morgan fingerprint density at radius 3 is 2.70 bits per heavy atom. The third-order valence-corrected chi connectivity index (χ3v) is 5.81. The molecule has 154 valence electrons. The van der Waals surface area contributed by atoms with E-state index in [0.29, 0.717) is 28.7 Å². The normalized spacial score (nSPS) is 11.4. The van der Waals surface area contributed by atoms with Gasteiger partial charge in [0.25, 0.3) is 10.0 Å². The zero-order valence-electron chi connectivity index (χ0n) is 16.3. The van der Waals surface area contributed by atoms with Gasteiger partial charge in [-0.3, -0.25) is 4.72 Å². The largest absolute Gasteiger partial charge is 0.495 e. The second kappa shape index (κ2) is 8.03. The van der Waals surface area contributed by atoms with Crippen LogP contribution in [0.1, 0.15) is 17.0 Å². The van der Waals surface area contributed by atoms with Crippen LogP contribution in [0.5, 0.6) is 5.75 Å². The van der Waals surface area contributed by atoms with Crippen LogP contribution in [0.25, 0.3) is 11.6 Å². The van der Waals surface area contributed by atoms with Crippen LogP contribution in [0.2, 0.25) is 0 Å². The Kier molecular flexibility index (Phi) is 5.28. The third kappa shape index (κ3) is 4.06. The summed E-state index contributed by atoms with van der Waals surface area (Å²) < 4.78 is 44.5. The van der Waals surface area contributed by atoms with E-state index in [1.54, 1.807) is 48.5 Å². The number of benzene rings is 2. The van der Waals surface area contributed by atoms with Crippen LogP contribution in [0, 0.1) is 6.92 Å². The van der Waals surface area contributed by atoms with Crippen molar-refractivity contribution in [1.82, 2.24) is 10.1 Å². The van der Waals surface area contributed by atoms with Gasteiger partial charge in [-0.05, 0) is 48.4 Å². The van der Waals surface area contributed by atoms with E-state index >= 15 is 0 Å². The van der Waals surface area contributed by atoms with Gasteiger partial charge >= 0.3 is 0 Å². The number of methoxy groups -OCH3 is 1. The van der Waals surface area contributed by atoms with Gasteiger partial charge in [0.1, 0.15) is 10.6 Å². The van der Waals surface area contributed by atoms with Crippen molar-refractivity contribution in [2.75, 3.05) is 11.8 Å². The number of hydrogen-bond acceptors (Lipinski definition) is 7. The summed E-state index contributed by atoms with van der Waals surface area (Å²) in [7, 11) is -2.45. The molecule has 0 aliphatic carbocycles. The van der Waals surface area contributed by atoms with Gasteiger partial charge < -0.3 is 13.7 Å². The zero-order chi connectivity index (χ0) is 21.1. The molecular formula is C21H19N3O5S. The highest BCUT2D eigenvalue weighted by molar-refractivity contribution is 7.92. The zero-order valence-corrected chi connectivity index (χ0v) is 17.1. The molecule has 2 heterocycles. The molecule has 9 heteroatoms. The highest BCUT2D eigenvalue weighted by Crippen LogP contribution is 2.28. The lowest BCUT2D eigenvalue weighted by Gasteiger charge is -2.14. The maximum Gasteiger partial charge on any atom is 0.265 e. The van der Waals surface area contributed by atoms with Crippen LogP contribution < -0.4 is 9.46 Å². The summed E-state index contributed by atoms with van der Waals surface area (Å²) in [6.07, 6.45) is 1.77. The predicted molar refractivity (Wildman–Crippen MR) is 110 cm³/mol. The average molecular weight is 425 g/mol. The lowest BCUT2D eigenvalue weighted by Crippen LogP contribution is -2.15. The monoisotopic (exact) mass is 425 g/mol. The number of nitrogens with zero attached hydrogens (tertiary/aromatic N) is 2. The van der Waals surface area contributed by atoms with Crippen LogP contribution >= 0.6 is 0 Å². The Morgan fingerprint density at radius 1 is 1.10 bits per heavy atom. The van der Waals surface area contributed by atoms with E-state index in [0.717, 1.165) is 5.56 Å². The maximum absolute atomic E-state index is 13.0. The molecule has 0 fully saturated rings. The first kappa shape index (κ1) is 19.7. The lowest BCUT2D eigenvalue weighted by molar-refractivity contribution is 0.384. The molecule has 0 amide bonds. The fraction of sp³-hybridized carbons (Fsp3) is 0.143. The van der Waals surface area contributed by atoms with Crippen molar-refractivity contribution < 1.29 is 22.1 Å². The highest BCUT2D eigenvalue weighted by atomic mass is 32.2. The number of rotatable bonds is 7. The first-order valence-electron chi connectivity index (χ1n) is 9.08. The highest BCUT2D eigenvalue weighted by Gasteiger charge is 2.22. The molecule has 0 aliphatic rings. The molecule has 1 N–H and O–H groups in total. The molecule has 0 radical (unpaired) electrons.